The van der Waals surface area contributed by atoms with Crippen molar-refractivity contribution in [3.05, 3.63) is 54.1 Å². The molecule has 0 aliphatic heterocycles. The fourth-order valence-corrected chi connectivity index (χ4v) is 2.15. The zero-order valence-corrected chi connectivity index (χ0v) is 11.1. The summed E-state index contributed by atoms with van der Waals surface area (Å²) in [5, 5.41) is 20.1. The maximum absolute atomic E-state index is 11.1. The molecule has 0 saturated carbocycles. The summed E-state index contributed by atoms with van der Waals surface area (Å²) >= 11 is 0. The molecule has 21 heavy (non-hydrogen) atoms. The number of nitrogens with zero attached hydrogens (tertiary/aromatic N) is 4. The highest BCUT2D eigenvalue weighted by Crippen LogP contribution is 2.12. The molecule has 0 radical (unpaired) electrons. The van der Waals surface area contributed by atoms with Crippen LogP contribution in [0, 0.1) is 0 Å². The molecule has 0 atom stereocenters. The number of carbonyl (C=O) groups is 1. The lowest BCUT2D eigenvalue weighted by molar-refractivity contribution is 0.0695. The smallest absolute Gasteiger partial charge is 0.335 e. The summed E-state index contributed by atoms with van der Waals surface area (Å²) in [5.74, 6) is -0.286. The zero-order valence-electron chi connectivity index (χ0n) is 11.1. The van der Waals surface area contributed by atoms with Crippen molar-refractivity contribution in [2.75, 3.05) is 11.9 Å². The predicted octanol–water partition coefficient (Wildman–Crippen LogP) is 1.48. The number of aromatic nitrogens is 4. The van der Waals surface area contributed by atoms with Crippen LogP contribution in [0.15, 0.2) is 43.0 Å². The van der Waals surface area contributed by atoms with Crippen molar-refractivity contribution >= 4 is 17.4 Å². The first kappa shape index (κ1) is 13.0. The molecule has 0 spiro atoms. The fourth-order valence-electron chi connectivity index (χ4n) is 2.15. The number of hydrogen-bond donors (Lipinski definition) is 2. The van der Waals surface area contributed by atoms with Crippen LogP contribution in [0.4, 0.5) is 5.82 Å². The number of benzene rings is 1. The lowest BCUT2D eigenvalue weighted by Crippen LogP contribution is -2.10. The number of carboxylic acids is 1. The highest BCUT2D eigenvalue weighted by Gasteiger charge is 2.09. The van der Waals surface area contributed by atoms with Gasteiger partial charge >= 0.3 is 5.97 Å². The molecule has 7 heteroatoms. The summed E-state index contributed by atoms with van der Waals surface area (Å²) < 4.78 is 1.76. The van der Waals surface area contributed by atoms with Gasteiger partial charge < -0.3 is 10.4 Å². The van der Waals surface area contributed by atoms with Gasteiger partial charge in [0.15, 0.2) is 5.82 Å². The Morgan fingerprint density at radius 3 is 3.05 bits per heavy atom. The van der Waals surface area contributed by atoms with E-state index in [1.165, 1.54) is 0 Å². The molecule has 1 aromatic carbocycles. The number of hydrogen-bond acceptors (Lipinski definition) is 5. The van der Waals surface area contributed by atoms with Gasteiger partial charge in [-0.25, -0.2) is 9.78 Å². The first-order valence-corrected chi connectivity index (χ1v) is 6.45. The minimum absolute atomic E-state index is 0.327. The SMILES string of the molecule is O=C(O)c1ccccc1CCNc1nccn2cnnc12. The van der Waals surface area contributed by atoms with E-state index in [0.29, 0.717) is 30.0 Å². The summed E-state index contributed by atoms with van der Waals surface area (Å²) in [6.45, 7) is 0.559. The first-order chi connectivity index (χ1) is 10.3. The highest BCUT2D eigenvalue weighted by atomic mass is 16.4. The van der Waals surface area contributed by atoms with E-state index >= 15 is 0 Å². The van der Waals surface area contributed by atoms with Gasteiger partial charge in [0, 0.05) is 18.9 Å². The number of carboxylic acid groups (broad SMARTS) is 1. The zero-order chi connectivity index (χ0) is 14.7. The van der Waals surface area contributed by atoms with E-state index < -0.39 is 5.97 Å². The van der Waals surface area contributed by atoms with Gasteiger partial charge in [-0.2, -0.15) is 0 Å². The van der Waals surface area contributed by atoms with Gasteiger partial charge in [-0.3, -0.25) is 4.40 Å². The Morgan fingerprint density at radius 2 is 2.19 bits per heavy atom. The Balaban J connectivity index is 1.72. The number of fused-ring (bicyclic) bond motifs is 1. The molecule has 2 aromatic heterocycles. The maximum atomic E-state index is 11.1. The van der Waals surface area contributed by atoms with Crippen molar-refractivity contribution in [3.63, 3.8) is 0 Å². The largest absolute Gasteiger partial charge is 0.478 e. The van der Waals surface area contributed by atoms with Gasteiger partial charge in [0.2, 0.25) is 5.65 Å². The molecule has 0 aliphatic carbocycles. The van der Waals surface area contributed by atoms with Crippen LogP contribution in [0.25, 0.3) is 5.65 Å². The Hall–Kier alpha value is -2.96. The third-order valence-corrected chi connectivity index (χ3v) is 3.15. The minimum atomic E-state index is -0.914. The molecule has 0 unspecified atom stereocenters. The molecule has 0 saturated heterocycles. The van der Waals surface area contributed by atoms with Crippen molar-refractivity contribution in [1.82, 2.24) is 19.6 Å². The second kappa shape index (κ2) is 5.58. The standard InChI is InChI=1S/C14H13N5O2/c20-14(21)11-4-2-1-3-10(11)5-6-15-12-13-18-17-9-19(13)8-7-16-12/h1-4,7-9H,5-6H2,(H,15,16)(H,20,21). The summed E-state index contributed by atoms with van der Waals surface area (Å²) in [6.07, 6.45) is 5.60. The summed E-state index contributed by atoms with van der Waals surface area (Å²) in [4.78, 5) is 15.4. The van der Waals surface area contributed by atoms with E-state index in [0.717, 1.165) is 5.56 Å². The van der Waals surface area contributed by atoms with Crippen LogP contribution in [0.1, 0.15) is 15.9 Å². The van der Waals surface area contributed by atoms with Crippen LogP contribution in [0.2, 0.25) is 0 Å². The van der Waals surface area contributed by atoms with Crippen molar-refractivity contribution < 1.29 is 9.90 Å². The first-order valence-electron chi connectivity index (χ1n) is 6.45. The third kappa shape index (κ3) is 2.66. The summed E-state index contributed by atoms with van der Waals surface area (Å²) in [7, 11) is 0. The van der Waals surface area contributed by atoms with E-state index in [9.17, 15) is 4.79 Å². The van der Waals surface area contributed by atoms with Crippen LogP contribution in [-0.2, 0) is 6.42 Å². The molecule has 2 heterocycles. The van der Waals surface area contributed by atoms with Crippen molar-refractivity contribution in [3.8, 4) is 0 Å². The average Bonchev–Trinajstić information content (AvgIpc) is 2.97. The Labute approximate surface area is 120 Å². The molecule has 106 valence electrons. The van der Waals surface area contributed by atoms with Crippen LogP contribution < -0.4 is 5.32 Å². The fraction of sp³-hybridized carbons (Fsp3) is 0.143. The van der Waals surface area contributed by atoms with Gasteiger partial charge in [-0.1, -0.05) is 18.2 Å². The van der Waals surface area contributed by atoms with Crippen molar-refractivity contribution in [1.29, 1.82) is 0 Å². The lowest BCUT2D eigenvalue weighted by Gasteiger charge is -2.08. The lowest BCUT2D eigenvalue weighted by atomic mass is 10.0. The number of rotatable bonds is 5. The molecule has 0 amide bonds. The minimum Gasteiger partial charge on any atom is -0.478 e. The molecule has 0 fully saturated rings. The Kier molecular flexibility index (Phi) is 3.46. The summed E-state index contributed by atoms with van der Waals surface area (Å²) in [5.41, 5.74) is 1.75. The van der Waals surface area contributed by atoms with Gasteiger partial charge in [0.25, 0.3) is 0 Å². The number of nitrogens with one attached hydrogen (secondary N) is 1. The van der Waals surface area contributed by atoms with Crippen LogP contribution in [0.3, 0.4) is 0 Å². The molecule has 3 aromatic rings. The normalized spacial score (nSPS) is 10.7. The van der Waals surface area contributed by atoms with Crippen LogP contribution in [-0.4, -0.2) is 37.2 Å². The maximum Gasteiger partial charge on any atom is 0.335 e. The second-order valence-electron chi connectivity index (χ2n) is 4.48. The average molecular weight is 283 g/mol. The second-order valence-corrected chi connectivity index (χ2v) is 4.48. The highest BCUT2D eigenvalue weighted by molar-refractivity contribution is 5.89. The molecule has 3 rings (SSSR count). The van der Waals surface area contributed by atoms with Gasteiger partial charge in [-0.15, -0.1) is 10.2 Å². The third-order valence-electron chi connectivity index (χ3n) is 3.15. The topological polar surface area (TPSA) is 92.4 Å². The Bertz CT molecular complexity index is 784. The van der Waals surface area contributed by atoms with Crippen LogP contribution in [0.5, 0.6) is 0 Å². The molecule has 0 aliphatic rings. The number of aromatic carboxylic acids is 1. The van der Waals surface area contributed by atoms with Gasteiger partial charge in [0.05, 0.1) is 5.56 Å². The van der Waals surface area contributed by atoms with E-state index in [1.807, 2.05) is 12.1 Å². The molecule has 0 bridgehead atoms. The van der Waals surface area contributed by atoms with E-state index in [4.69, 9.17) is 5.11 Å². The predicted molar refractivity (Wildman–Crippen MR) is 76.4 cm³/mol. The van der Waals surface area contributed by atoms with Gasteiger partial charge in [0.1, 0.15) is 6.33 Å². The quantitative estimate of drug-likeness (QED) is 0.736. The monoisotopic (exact) mass is 283 g/mol. The van der Waals surface area contributed by atoms with Crippen molar-refractivity contribution in [2.24, 2.45) is 0 Å². The van der Waals surface area contributed by atoms with Crippen LogP contribution >= 0.6 is 0 Å². The summed E-state index contributed by atoms with van der Waals surface area (Å²) in [6, 6.07) is 6.98. The molecule has 7 nitrogen and oxygen atoms in total. The van der Waals surface area contributed by atoms with Gasteiger partial charge in [-0.05, 0) is 18.1 Å². The van der Waals surface area contributed by atoms with E-state index in [-0.39, 0.29) is 0 Å². The number of anilines is 1. The molecular weight excluding hydrogens is 270 g/mol. The van der Waals surface area contributed by atoms with Crippen molar-refractivity contribution in [2.45, 2.75) is 6.42 Å². The molecular formula is C14H13N5O2. The van der Waals surface area contributed by atoms with E-state index in [2.05, 4.69) is 20.5 Å². The van der Waals surface area contributed by atoms with E-state index in [1.54, 1.807) is 35.3 Å². The Morgan fingerprint density at radius 1 is 1.33 bits per heavy atom. The molecule has 2 N–H and O–H groups in total.